The van der Waals surface area contributed by atoms with Gasteiger partial charge in [0, 0.05) is 15.7 Å². The summed E-state index contributed by atoms with van der Waals surface area (Å²) < 4.78 is 40.3. The Bertz CT molecular complexity index is 1600. The predicted molar refractivity (Wildman–Crippen MR) is 157 cm³/mol. The lowest BCUT2D eigenvalue weighted by atomic mass is 10.0. The maximum atomic E-state index is 13.5. The lowest BCUT2D eigenvalue weighted by Crippen LogP contribution is -2.37. The standard InChI is InChI=1S/C29H27BrN4O5S/c1-38-26-17-21(9-16-25(26)39-18-19-5-3-2-4-6-19)27(33-23-12-7-20(8-13-23)28(31)32)29(35)34-40(36,37)24-14-10-22(30)11-15-24/h2-17,27,33H,18H2,1H3,(H3,31,32)(H,34,35). The molecule has 0 saturated heterocycles. The van der Waals surface area contributed by atoms with Gasteiger partial charge in [-0.2, -0.15) is 0 Å². The Morgan fingerprint density at radius 2 is 1.62 bits per heavy atom. The van der Waals surface area contributed by atoms with Crippen molar-refractivity contribution in [3.8, 4) is 11.5 Å². The van der Waals surface area contributed by atoms with Crippen LogP contribution >= 0.6 is 15.9 Å². The normalized spacial score (nSPS) is 11.8. The van der Waals surface area contributed by atoms with Crippen LogP contribution in [0.25, 0.3) is 0 Å². The van der Waals surface area contributed by atoms with Crippen molar-refractivity contribution in [1.82, 2.24) is 4.72 Å². The topological polar surface area (TPSA) is 144 Å². The molecule has 11 heteroatoms. The Hall–Kier alpha value is -4.35. The van der Waals surface area contributed by atoms with Crippen molar-refractivity contribution in [3.05, 3.63) is 118 Å². The quantitative estimate of drug-likeness (QED) is 0.136. The number of nitrogen functional groups attached to an aromatic ring is 1. The minimum absolute atomic E-state index is 0.0594. The number of nitrogens with two attached hydrogens (primary N) is 1. The highest BCUT2D eigenvalue weighted by Gasteiger charge is 2.27. The predicted octanol–water partition coefficient (Wildman–Crippen LogP) is 4.98. The first-order valence-electron chi connectivity index (χ1n) is 12.0. The fourth-order valence-electron chi connectivity index (χ4n) is 3.80. The minimum Gasteiger partial charge on any atom is -0.493 e. The van der Waals surface area contributed by atoms with Gasteiger partial charge in [-0.3, -0.25) is 10.2 Å². The van der Waals surface area contributed by atoms with Crippen LogP contribution in [0, 0.1) is 5.41 Å². The molecule has 1 unspecified atom stereocenters. The summed E-state index contributed by atoms with van der Waals surface area (Å²) in [6, 6.07) is 25.9. The van der Waals surface area contributed by atoms with E-state index in [1.54, 1.807) is 54.6 Å². The van der Waals surface area contributed by atoms with Crippen LogP contribution in [-0.4, -0.2) is 27.3 Å². The molecule has 1 amide bonds. The number of hydrogen-bond donors (Lipinski definition) is 4. The third-order valence-corrected chi connectivity index (χ3v) is 7.78. The average Bonchev–Trinajstić information content (AvgIpc) is 2.95. The molecule has 206 valence electrons. The third kappa shape index (κ3) is 7.19. The number of amides is 1. The van der Waals surface area contributed by atoms with Gasteiger partial charge >= 0.3 is 0 Å². The number of sulfonamides is 1. The van der Waals surface area contributed by atoms with Gasteiger partial charge in [-0.25, -0.2) is 13.1 Å². The van der Waals surface area contributed by atoms with E-state index >= 15 is 0 Å². The molecule has 0 aliphatic rings. The van der Waals surface area contributed by atoms with E-state index in [-0.39, 0.29) is 10.7 Å². The molecule has 0 radical (unpaired) electrons. The van der Waals surface area contributed by atoms with E-state index in [0.29, 0.717) is 39.4 Å². The fraction of sp³-hybridized carbons (Fsp3) is 0.103. The van der Waals surface area contributed by atoms with E-state index in [1.165, 1.54) is 19.2 Å². The zero-order valence-electron chi connectivity index (χ0n) is 21.4. The number of hydrogen-bond acceptors (Lipinski definition) is 7. The van der Waals surface area contributed by atoms with Crippen LogP contribution < -0.4 is 25.2 Å². The van der Waals surface area contributed by atoms with Gasteiger partial charge in [0.1, 0.15) is 18.5 Å². The van der Waals surface area contributed by atoms with Crippen LogP contribution in [0.4, 0.5) is 5.69 Å². The summed E-state index contributed by atoms with van der Waals surface area (Å²) in [5.41, 5.74) is 7.97. The van der Waals surface area contributed by atoms with Gasteiger partial charge in [-0.1, -0.05) is 52.3 Å². The van der Waals surface area contributed by atoms with Crippen LogP contribution in [0.3, 0.4) is 0 Å². The smallest absolute Gasteiger partial charge is 0.264 e. The summed E-state index contributed by atoms with van der Waals surface area (Å²) >= 11 is 3.28. The SMILES string of the molecule is COc1cc(C(Nc2ccc(C(=N)N)cc2)C(=O)NS(=O)(=O)c2ccc(Br)cc2)ccc1OCc1ccccc1. The van der Waals surface area contributed by atoms with Crippen molar-refractivity contribution in [3.63, 3.8) is 0 Å². The first-order chi connectivity index (χ1) is 19.2. The highest BCUT2D eigenvalue weighted by atomic mass is 79.9. The highest BCUT2D eigenvalue weighted by Crippen LogP contribution is 2.32. The second-order valence-corrected chi connectivity index (χ2v) is 11.3. The number of halogens is 1. The molecule has 0 heterocycles. The van der Waals surface area contributed by atoms with Crippen LogP contribution in [-0.2, 0) is 21.4 Å². The maximum Gasteiger partial charge on any atom is 0.264 e. The molecule has 4 aromatic rings. The molecule has 0 aliphatic heterocycles. The van der Waals surface area contributed by atoms with E-state index in [4.69, 9.17) is 20.6 Å². The molecule has 1 atom stereocenters. The van der Waals surface area contributed by atoms with E-state index < -0.39 is 22.0 Å². The van der Waals surface area contributed by atoms with Gasteiger partial charge in [0.05, 0.1) is 12.0 Å². The van der Waals surface area contributed by atoms with Crippen molar-refractivity contribution in [2.75, 3.05) is 12.4 Å². The summed E-state index contributed by atoms with van der Waals surface area (Å²) in [5, 5.41) is 10.7. The first kappa shape index (κ1) is 28.7. The van der Waals surface area contributed by atoms with E-state index in [2.05, 4.69) is 26.0 Å². The summed E-state index contributed by atoms with van der Waals surface area (Å²) in [7, 11) is -2.68. The Balaban J connectivity index is 1.64. The van der Waals surface area contributed by atoms with Gasteiger partial charge in [0.25, 0.3) is 15.9 Å². The number of benzene rings is 4. The van der Waals surface area contributed by atoms with Gasteiger partial charge < -0.3 is 20.5 Å². The highest BCUT2D eigenvalue weighted by molar-refractivity contribution is 9.10. The van der Waals surface area contributed by atoms with Gasteiger partial charge in [0.2, 0.25) is 0 Å². The van der Waals surface area contributed by atoms with Crippen molar-refractivity contribution >= 4 is 43.4 Å². The Labute approximate surface area is 241 Å². The number of carbonyl (C=O) groups is 1. The van der Waals surface area contributed by atoms with Gasteiger partial charge in [-0.05, 0) is 71.8 Å². The molecule has 40 heavy (non-hydrogen) atoms. The lowest BCUT2D eigenvalue weighted by Gasteiger charge is -2.21. The Morgan fingerprint density at radius 3 is 2.25 bits per heavy atom. The van der Waals surface area contributed by atoms with Crippen molar-refractivity contribution in [1.29, 1.82) is 5.41 Å². The lowest BCUT2D eigenvalue weighted by molar-refractivity contribution is -0.120. The molecular formula is C29H27BrN4O5S. The molecule has 0 aromatic heterocycles. The molecule has 9 nitrogen and oxygen atoms in total. The molecule has 0 saturated carbocycles. The number of methoxy groups -OCH3 is 1. The van der Waals surface area contributed by atoms with Crippen LogP contribution in [0.15, 0.2) is 106 Å². The molecule has 0 bridgehead atoms. The molecule has 4 rings (SSSR count). The zero-order chi connectivity index (χ0) is 28.7. The number of rotatable bonds is 11. The minimum atomic E-state index is -4.16. The molecular weight excluding hydrogens is 596 g/mol. The van der Waals surface area contributed by atoms with E-state index in [0.717, 1.165) is 5.56 Å². The van der Waals surface area contributed by atoms with Crippen LogP contribution in [0.5, 0.6) is 11.5 Å². The summed E-state index contributed by atoms with van der Waals surface area (Å²) in [6.45, 7) is 0.312. The van der Waals surface area contributed by atoms with Gasteiger partial charge in [-0.15, -0.1) is 0 Å². The number of anilines is 1. The van der Waals surface area contributed by atoms with Crippen molar-refractivity contribution < 1.29 is 22.7 Å². The van der Waals surface area contributed by atoms with Crippen molar-refractivity contribution in [2.45, 2.75) is 17.5 Å². The maximum absolute atomic E-state index is 13.5. The second-order valence-electron chi connectivity index (χ2n) is 8.68. The Kier molecular flexibility index (Phi) is 9.08. The number of amidine groups is 1. The van der Waals surface area contributed by atoms with E-state index in [9.17, 15) is 13.2 Å². The molecule has 4 aromatic carbocycles. The molecule has 0 aliphatic carbocycles. The van der Waals surface area contributed by atoms with Crippen LogP contribution in [0.2, 0.25) is 0 Å². The van der Waals surface area contributed by atoms with Crippen LogP contribution in [0.1, 0.15) is 22.7 Å². The number of ether oxygens (including phenoxy) is 2. The number of carbonyl (C=O) groups excluding carboxylic acids is 1. The summed E-state index contributed by atoms with van der Waals surface area (Å²) in [4.78, 5) is 13.4. The monoisotopic (exact) mass is 622 g/mol. The second kappa shape index (κ2) is 12.7. The third-order valence-electron chi connectivity index (χ3n) is 5.89. The van der Waals surface area contributed by atoms with Crippen molar-refractivity contribution in [2.24, 2.45) is 5.73 Å². The number of nitrogens with one attached hydrogen (secondary N) is 3. The summed E-state index contributed by atoms with van der Waals surface area (Å²) in [5.74, 6) is -0.0749. The molecule has 5 N–H and O–H groups in total. The first-order valence-corrected chi connectivity index (χ1v) is 14.3. The fourth-order valence-corrected chi connectivity index (χ4v) is 5.05. The van der Waals surface area contributed by atoms with Gasteiger partial charge in [0.15, 0.2) is 11.5 Å². The summed E-state index contributed by atoms with van der Waals surface area (Å²) in [6.07, 6.45) is 0. The molecule has 0 fully saturated rings. The zero-order valence-corrected chi connectivity index (χ0v) is 23.8. The average molecular weight is 624 g/mol. The molecule has 0 spiro atoms. The largest absolute Gasteiger partial charge is 0.493 e. The Morgan fingerprint density at radius 1 is 0.950 bits per heavy atom. The van der Waals surface area contributed by atoms with E-state index in [1.807, 2.05) is 30.3 Å².